The Morgan fingerprint density at radius 1 is 1.09 bits per heavy atom. The Kier molecular flexibility index (Phi) is 6.60. The van der Waals surface area contributed by atoms with Crippen LogP contribution in [0.1, 0.15) is 11.5 Å². The van der Waals surface area contributed by atoms with Gasteiger partial charge in [-0.15, -0.1) is 0 Å². The molecule has 8 nitrogen and oxygen atoms in total. The number of halogens is 2. The molecule has 0 spiro atoms. The van der Waals surface area contributed by atoms with Crippen LogP contribution < -0.4 is 9.60 Å². The van der Waals surface area contributed by atoms with Crippen molar-refractivity contribution in [3.8, 4) is 11.4 Å². The number of nitrogens with one attached hydrogen (secondary N) is 1. The van der Waals surface area contributed by atoms with Crippen molar-refractivity contribution in [2.24, 2.45) is 0 Å². The van der Waals surface area contributed by atoms with E-state index in [1.165, 1.54) is 12.1 Å². The number of rotatable bonds is 7. The number of thiazole rings is 1. The van der Waals surface area contributed by atoms with Gasteiger partial charge in [0, 0.05) is 15.1 Å². The SMILES string of the molecule is O=c1sc2cc(S(=O)(=O)NCc3nc(-c4cccc(Br)c4)no3)ccc2n1Cc1ccccc1Cl. The fourth-order valence-corrected chi connectivity index (χ4v) is 6.07. The maximum Gasteiger partial charge on any atom is 0.308 e. The van der Waals surface area contributed by atoms with E-state index in [1.54, 1.807) is 16.7 Å². The van der Waals surface area contributed by atoms with Gasteiger partial charge in [0.25, 0.3) is 0 Å². The lowest BCUT2D eigenvalue weighted by Gasteiger charge is -2.07. The molecule has 0 aliphatic heterocycles. The fourth-order valence-electron chi connectivity index (χ4n) is 3.47. The van der Waals surface area contributed by atoms with Gasteiger partial charge in [0.2, 0.25) is 21.7 Å². The van der Waals surface area contributed by atoms with Gasteiger partial charge in [0.15, 0.2) is 0 Å². The molecule has 0 saturated carbocycles. The predicted octanol–water partition coefficient (Wildman–Crippen LogP) is 5.06. The fraction of sp³-hybridized carbons (Fsp3) is 0.0870. The normalized spacial score (nSPS) is 11.8. The molecule has 5 rings (SSSR count). The average Bonchev–Trinajstić information content (AvgIpc) is 3.43. The first-order valence-corrected chi connectivity index (χ1v) is 13.7. The molecule has 0 amide bonds. The van der Waals surface area contributed by atoms with E-state index in [-0.39, 0.29) is 22.2 Å². The molecule has 0 atom stereocenters. The Morgan fingerprint density at radius 2 is 1.91 bits per heavy atom. The molecule has 0 bridgehead atoms. The number of fused-ring (bicyclic) bond motifs is 1. The highest BCUT2D eigenvalue weighted by Crippen LogP contribution is 2.25. The minimum absolute atomic E-state index is 0.0304. The largest absolute Gasteiger partial charge is 0.338 e. The molecule has 0 aliphatic carbocycles. The lowest BCUT2D eigenvalue weighted by Crippen LogP contribution is -2.23. The van der Waals surface area contributed by atoms with Gasteiger partial charge in [-0.25, -0.2) is 13.1 Å². The van der Waals surface area contributed by atoms with Crippen LogP contribution in [0.5, 0.6) is 0 Å². The second-order valence-corrected chi connectivity index (χ2v) is 11.6. The van der Waals surface area contributed by atoms with Crippen molar-refractivity contribution in [1.82, 2.24) is 19.4 Å². The summed E-state index contributed by atoms with van der Waals surface area (Å²) in [5, 5.41) is 4.47. The minimum Gasteiger partial charge on any atom is -0.338 e. The van der Waals surface area contributed by atoms with Crippen molar-refractivity contribution in [3.05, 3.63) is 97.3 Å². The second kappa shape index (κ2) is 9.67. The molecular weight excluding hydrogens is 576 g/mol. The van der Waals surface area contributed by atoms with Crippen LogP contribution >= 0.6 is 38.9 Å². The third-order valence-corrected chi connectivity index (χ3v) is 8.40. The highest BCUT2D eigenvalue weighted by Gasteiger charge is 2.19. The van der Waals surface area contributed by atoms with E-state index in [0.717, 1.165) is 26.9 Å². The molecule has 178 valence electrons. The van der Waals surface area contributed by atoms with E-state index in [1.807, 2.05) is 42.5 Å². The zero-order chi connectivity index (χ0) is 24.6. The summed E-state index contributed by atoms with van der Waals surface area (Å²) in [7, 11) is -3.89. The van der Waals surface area contributed by atoms with Crippen molar-refractivity contribution in [3.63, 3.8) is 0 Å². The van der Waals surface area contributed by atoms with Gasteiger partial charge in [0.1, 0.15) is 0 Å². The second-order valence-electron chi connectivity index (χ2n) is 7.52. The van der Waals surface area contributed by atoms with Crippen LogP contribution in [0.25, 0.3) is 21.6 Å². The van der Waals surface area contributed by atoms with Gasteiger partial charge in [0.05, 0.1) is 28.2 Å². The van der Waals surface area contributed by atoms with E-state index in [4.69, 9.17) is 16.1 Å². The number of nitrogens with zero attached hydrogens (tertiary/aromatic N) is 3. The Labute approximate surface area is 217 Å². The first-order chi connectivity index (χ1) is 16.8. The minimum atomic E-state index is -3.89. The van der Waals surface area contributed by atoms with E-state index < -0.39 is 10.0 Å². The maximum absolute atomic E-state index is 12.9. The van der Waals surface area contributed by atoms with E-state index in [0.29, 0.717) is 27.6 Å². The quantitative estimate of drug-likeness (QED) is 0.284. The number of aromatic nitrogens is 3. The first kappa shape index (κ1) is 23.9. The summed E-state index contributed by atoms with van der Waals surface area (Å²) in [5.74, 6) is 0.478. The molecule has 35 heavy (non-hydrogen) atoms. The number of sulfonamides is 1. The highest BCUT2D eigenvalue weighted by atomic mass is 79.9. The number of hydrogen-bond acceptors (Lipinski definition) is 7. The zero-order valence-corrected chi connectivity index (χ0v) is 21.8. The summed E-state index contributed by atoms with van der Waals surface area (Å²) in [4.78, 5) is 16.7. The van der Waals surface area contributed by atoms with Crippen LogP contribution in [0.3, 0.4) is 0 Å². The lowest BCUT2D eigenvalue weighted by molar-refractivity contribution is 0.376. The monoisotopic (exact) mass is 590 g/mol. The molecule has 3 aromatic carbocycles. The molecule has 12 heteroatoms. The molecule has 2 aromatic heterocycles. The van der Waals surface area contributed by atoms with Crippen LogP contribution in [-0.2, 0) is 23.1 Å². The molecule has 0 radical (unpaired) electrons. The van der Waals surface area contributed by atoms with Gasteiger partial charge in [-0.3, -0.25) is 9.36 Å². The van der Waals surface area contributed by atoms with Crippen molar-refractivity contribution in [2.75, 3.05) is 0 Å². The molecular formula is C23H16BrClN4O4S2. The van der Waals surface area contributed by atoms with Crippen LogP contribution in [0.15, 0.2) is 85.4 Å². The smallest absolute Gasteiger partial charge is 0.308 e. The topological polar surface area (TPSA) is 107 Å². The van der Waals surface area contributed by atoms with E-state index >= 15 is 0 Å². The van der Waals surface area contributed by atoms with Gasteiger partial charge in [-0.2, -0.15) is 4.98 Å². The third-order valence-electron chi connectivity index (χ3n) is 5.20. The summed E-state index contributed by atoms with van der Waals surface area (Å²) in [6.45, 7) is 0.117. The van der Waals surface area contributed by atoms with Crippen LogP contribution in [0.4, 0.5) is 0 Å². The maximum atomic E-state index is 12.9. The summed E-state index contributed by atoms with van der Waals surface area (Å²) in [5.41, 5.74) is 2.17. The molecule has 0 unspecified atom stereocenters. The number of benzene rings is 3. The molecule has 0 aliphatic rings. The average molecular weight is 592 g/mol. The molecule has 0 saturated heterocycles. The van der Waals surface area contributed by atoms with E-state index in [9.17, 15) is 13.2 Å². The molecule has 2 heterocycles. The number of hydrogen-bond donors (Lipinski definition) is 1. The standard InChI is InChI=1S/C23H16BrClN4O4S2/c24-16-6-3-5-14(10-16)22-27-21(33-28-22)12-26-35(31,32)17-8-9-19-20(11-17)34-23(30)29(19)13-15-4-1-2-7-18(15)25/h1-11,26H,12-13H2. The summed E-state index contributed by atoms with van der Waals surface area (Å²) < 4.78 is 36.4. The highest BCUT2D eigenvalue weighted by molar-refractivity contribution is 9.10. The molecule has 1 N–H and O–H groups in total. The van der Waals surface area contributed by atoms with Crippen molar-refractivity contribution in [1.29, 1.82) is 0 Å². The van der Waals surface area contributed by atoms with Gasteiger partial charge < -0.3 is 4.52 Å². The Hall–Kier alpha value is -2.83. The van der Waals surface area contributed by atoms with Gasteiger partial charge in [-0.1, -0.05) is 74.4 Å². The zero-order valence-electron chi connectivity index (χ0n) is 17.8. The van der Waals surface area contributed by atoms with E-state index in [2.05, 4.69) is 30.8 Å². The summed E-state index contributed by atoms with van der Waals surface area (Å²) in [6, 6.07) is 19.2. The Morgan fingerprint density at radius 3 is 2.71 bits per heavy atom. The molecule has 5 aromatic rings. The Bertz CT molecular complexity index is 1710. The van der Waals surface area contributed by atoms with Crippen LogP contribution in [0, 0.1) is 0 Å². The predicted molar refractivity (Wildman–Crippen MR) is 138 cm³/mol. The van der Waals surface area contributed by atoms with Crippen molar-refractivity contribution >= 4 is 59.1 Å². The van der Waals surface area contributed by atoms with Crippen molar-refractivity contribution < 1.29 is 12.9 Å². The Balaban J connectivity index is 1.35. The van der Waals surface area contributed by atoms with Gasteiger partial charge in [-0.05, 0) is 42.0 Å². The van der Waals surface area contributed by atoms with Gasteiger partial charge >= 0.3 is 4.87 Å². The first-order valence-electron chi connectivity index (χ1n) is 10.3. The van der Waals surface area contributed by atoms with Crippen molar-refractivity contribution in [2.45, 2.75) is 18.0 Å². The summed E-state index contributed by atoms with van der Waals surface area (Å²) >= 11 is 10.6. The third kappa shape index (κ3) is 5.09. The van der Waals surface area contributed by atoms with Crippen LogP contribution in [0.2, 0.25) is 5.02 Å². The summed E-state index contributed by atoms with van der Waals surface area (Å²) in [6.07, 6.45) is 0. The molecule has 0 fully saturated rings. The van der Waals surface area contributed by atoms with Crippen LogP contribution in [-0.4, -0.2) is 23.1 Å². The lowest BCUT2D eigenvalue weighted by atomic mass is 10.2.